The van der Waals surface area contributed by atoms with Crippen LogP contribution in [0.3, 0.4) is 0 Å². The van der Waals surface area contributed by atoms with Crippen LogP contribution in [0.5, 0.6) is 5.75 Å². The quantitative estimate of drug-likeness (QED) is 0.756. The summed E-state index contributed by atoms with van der Waals surface area (Å²) in [5.74, 6) is -0.246. The van der Waals surface area contributed by atoms with Gasteiger partial charge < -0.3 is 14.8 Å². The third-order valence-corrected chi connectivity index (χ3v) is 3.82. The van der Waals surface area contributed by atoms with Crippen molar-refractivity contribution in [2.24, 2.45) is 0 Å². The average molecular weight is 366 g/mol. The monoisotopic (exact) mass is 366 g/mol. The van der Waals surface area contributed by atoms with E-state index in [0.717, 1.165) is 5.56 Å². The fraction of sp³-hybridized carbons (Fsp3) is 0.286. The largest absolute Gasteiger partial charge is 0.482 e. The topological polar surface area (TPSA) is 88.4 Å². The van der Waals surface area contributed by atoms with Gasteiger partial charge in [-0.15, -0.1) is 0 Å². The molecule has 0 saturated carbocycles. The Morgan fingerprint density at radius 2 is 1.85 bits per heavy atom. The van der Waals surface area contributed by atoms with E-state index in [2.05, 4.69) is 5.32 Å². The molecule has 0 heterocycles. The van der Waals surface area contributed by atoms with Gasteiger partial charge in [0, 0.05) is 5.69 Å². The van der Waals surface area contributed by atoms with Gasteiger partial charge in [0.15, 0.2) is 12.7 Å². The van der Waals surface area contributed by atoms with E-state index in [0.29, 0.717) is 17.0 Å². The Morgan fingerprint density at radius 1 is 1.11 bits per heavy atom. The van der Waals surface area contributed by atoms with Gasteiger partial charge in [-0.05, 0) is 42.7 Å². The number of anilines is 1. The maximum atomic E-state index is 12.2. The molecule has 0 aliphatic carbocycles. The Hall–Kier alpha value is -3.33. The second kappa shape index (κ2) is 9.39. The Balaban J connectivity index is 1.88. The lowest BCUT2D eigenvalue weighted by molar-refractivity contribution is -0.155. The van der Waals surface area contributed by atoms with E-state index < -0.39 is 18.0 Å². The van der Waals surface area contributed by atoms with Crippen molar-refractivity contribution in [3.05, 3.63) is 59.7 Å². The number of nitriles is 1. The number of hydrogen-bond acceptors (Lipinski definition) is 5. The van der Waals surface area contributed by atoms with Crippen molar-refractivity contribution in [2.45, 2.75) is 32.8 Å². The second-order valence-corrected chi connectivity index (χ2v) is 6.30. The van der Waals surface area contributed by atoms with E-state index in [9.17, 15) is 9.59 Å². The van der Waals surface area contributed by atoms with Gasteiger partial charge in [0.2, 0.25) is 0 Å². The fourth-order valence-corrected chi connectivity index (χ4v) is 2.42. The minimum absolute atomic E-state index is 0.256. The van der Waals surface area contributed by atoms with Crippen molar-refractivity contribution in [3.8, 4) is 11.8 Å². The molecule has 1 amide bonds. The van der Waals surface area contributed by atoms with Gasteiger partial charge in [-0.3, -0.25) is 4.79 Å². The molecule has 0 radical (unpaired) electrons. The zero-order valence-electron chi connectivity index (χ0n) is 15.6. The number of ether oxygens (including phenoxy) is 2. The predicted molar refractivity (Wildman–Crippen MR) is 101 cm³/mol. The molecule has 0 aliphatic rings. The van der Waals surface area contributed by atoms with Gasteiger partial charge in [0.1, 0.15) is 5.75 Å². The van der Waals surface area contributed by atoms with Crippen LogP contribution >= 0.6 is 0 Å². The molecule has 1 atom stereocenters. The SMILES string of the molecule is CC(C)c1ccccc1OCC(=O)O[C@@H](C)C(=O)Nc1cccc(C#N)c1. The van der Waals surface area contributed by atoms with Gasteiger partial charge >= 0.3 is 5.97 Å². The Morgan fingerprint density at radius 3 is 2.56 bits per heavy atom. The lowest BCUT2D eigenvalue weighted by atomic mass is 10.0. The maximum Gasteiger partial charge on any atom is 0.344 e. The summed E-state index contributed by atoms with van der Waals surface area (Å²) in [6.07, 6.45) is -0.993. The van der Waals surface area contributed by atoms with Gasteiger partial charge in [-0.1, -0.05) is 38.1 Å². The summed E-state index contributed by atoms with van der Waals surface area (Å²) in [6, 6.07) is 15.9. The molecule has 6 heteroatoms. The maximum absolute atomic E-state index is 12.2. The molecule has 2 aromatic carbocycles. The lowest BCUT2D eigenvalue weighted by Crippen LogP contribution is -2.31. The van der Waals surface area contributed by atoms with Crippen molar-refractivity contribution < 1.29 is 19.1 Å². The van der Waals surface area contributed by atoms with Gasteiger partial charge in [0.25, 0.3) is 5.91 Å². The summed E-state index contributed by atoms with van der Waals surface area (Å²) in [7, 11) is 0. The number of carbonyl (C=O) groups is 2. The van der Waals surface area contributed by atoms with E-state index in [1.54, 1.807) is 30.3 Å². The zero-order valence-corrected chi connectivity index (χ0v) is 15.6. The van der Waals surface area contributed by atoms with Crippen molar-refractivity contribution in [1.82, 2.24) is 0 Å². The minimum Gasteiger partial charge on any atom is -0.482 e. The molecule has 0 saturated heterocycles. The van der Waals surface area contributed by atoms with Crippen LogP contribution in [0.2, 0.25) is 0 Å². The number of rotatable bonds is 7. The summed E-state index contributed by atoms with van der Waals surface area (Å²) in [5.41, 5.74) is 1.88. The van der Waals surface area contributed by atoms with Crippen LogP contribution in [0, 0.1) is 11.3 Å². The smallest absolute Gasteiger partial charge is 0.344 e. The van der Waals surface area contributed by atoms with Crippen molar-refractivity contribution >= 4 is 17.6 Å². The Labute approximate surface area is 158 Å². The van der Waals surface area contributed by atoms with Crippen molar-refractivity contribution in [1.29, 1.82) is 5.26 Å². The molecule has 1 N–H and O–H groups in total. The molecule has 0 spiro atoms. The summed E-state index contributed by atoms with van der Waals surface area (Å²) in [6.45, 7) is 5.26. The summed E-state index contributed by atoms with van der Waals surface area (Å²) < 4.78 is 10.7. The fourth-order valence-electron chi connectivity index (χ4n) is 2.42. The van der Waals surface area contributed by atoms with Crippen LogP contribution < -0.4 is 10.1 Å². The van der Waals surface area contributed by atoms with Crippen LogP contribution in [0.25, 0.3) is 0 Å². The lowest BCUT2D eigenvalue weighted by Gasteiger charge is -2.16. The van der Waals surface area contributed by atoms with E-state index in [1.807, 2.05) is 38.1 Å². The first kappa shape index (κ1) is 20.0. The van der Waals surface area contributed by atoms with Gasteiger partial charge in [0.05, 0.1) is 11.6 Å². The molecule has 2 rings (SSSR count). The Bertz CT molecular complexity index is 855. The number of para-hydroxylation sites is 1. The van der Waals surface area contributed by atoms with E-state index >= 15 is 0 Å². The molecule has 0 aromatic heterocycles. The number of benzene rings is 2. The van der Waals surface area contributed by atoms with Gasteiger partial charge in [-0.25, -0.2) is 4.79 Å². The highest BCUT2D eigenvalue weighted by Crippen LogP contribution is 2.25. The van der Waals surface area contributed by atoms with Gasteiger partial charge in [-0.2, -0.15) is 5.26 Å². The average Bonchev–Trinajstić information content (AvgIpc) is 2.66. The normalized spacial score (nSPS) is 11.4. The number of nitrogens with one attached hydrogen (secondary N) is 1. The number of amides is 1. The first-order valence-electron chi connectivity index (χ1n) is 8.63. The zero-order chi connectivity index (χ0) is 19.8. The summed E-state index contributed by atoms with van der Waals surface area (Å²) in [4.78, 5) is 24.1. The molecule has 140 valence electrons. The van der Waals surface area contributed by atoms with Crippen LogP contribution in [0.1, 0.15) is 37.8 Å². The highest BCUT2D eigenvalue weighted by atomic mass is 16.6. The van der Waals surface area contributed by atoms with E-state index in [1.165, 1.54) is 6.92 Å². The van der Waals surface area contributed by atoms with E-state index in [4.69, 9.17) is 14.7 Å². The third-order valence-electron chi connectivity index (χ3n) is 3.82. The molecule has 0 aliphatic heterocycles. The van der Waals surface area contributed by atoms with Crippen molar-refractivity contribution in [2.75, 3.05) is 11.9 Å². The summed E-state index contributed by atoms with van der Waals surface area (Å²) >= 11 is 0. The number of hydrogen-bond donors (Lipinski definition) is 1. The van der Waals surface area contributed by atoms with Crippen LogP contribution in [-0.4, -0.2) is 24.6 Å². The predicted octanol–water partition coefficient (Wildman–Crippen LogP) is 3.63. The van der Waals surface area contributed by atoms with Crippen LogP contribution in [0.4, 0.5) is 5.69 Å². The molecule has 0 bridgehead atoms. The molecule has 6 nitrogen and oxygen atoms in total. The number of nitrogens with zero attached hydrogens (tertiary/aromatic N) is 1. The number of esters is 1. The molecule has 0 unspecified atom stereocenters. The third kappa shape index (κ3) is 5.86. The summed E-state index contributed by atoms with van der Waals surface area (Å²) in [5, 5.41) is 11.5. The Kier molecular flexibility index (Phi) is 6.95. The standard InChI is InChI=1S/C21H22N2O4/c1-14(2)18-9-4-5-10-19(18)26-13-20(24)27-15(3)21(25)23-17-8-6-7-16(11-17)12-22/h4-11,14-15H,13H2,1-3H3,(H,23,25)/t15-/m0/s1. The van der Waals surface area contributed by atoms with Crippen LogP contribution in [0.15, 0.2) is 48.5 Å². The highest BCUT2D eigenvalue weighted by molar-refractivity contribution is 5.95. The molecule has 27 heavy (non-hydrogen) atoms. The molecule has 0 fully saturated rings. The number of carbonyl (C=O) groups excluding carboxylic acids is 2. The second-order valence-electron chi connectivity index (χ2n) is 6.30. The minimum atomic E-state index is -0.993. The molecule has 2 aromatic rings. The highest BCUT2D eigenvalue weighted by Gasteiger charge is 2.19. The first-order chi connectivity index (χ1) is 12.9. The van der Waals surface area contributed by atoms with Crippen LogP contribution in [-0.2, 0) is 14.3 Å². The molecular formula is C21H22N2O4. The van der Waals surface area contributed by atoms with E-state index in [-0.39, 0.29) is 12.5 Å². The van der Waals surface area contributed by atoms with Crippen molar-refractivity contribution in [3.63, 3.8) is 0 Å². The first-order valence-corrected chi connectivity index (χ1v) is 8.63. The molecular weight excluding hydrogens is 344 g/mol.